The minimum atomic E-state index is -1.22. The average Bonchev–Trinajstić information content (AvgIpc) is 3.25. The number of aliphatic carboxylic acids is 2. The highest BCUT2D eigenvalue weighted by Gasteiger charge is 2.19. The smallest absolute Gasteiger partial charge is 0.342 e. The second-order valence-corrected chi connectivity index (χ2v) is 8.94. The van der Waals surface area contributed by atoms with Gasteiger partial charge in [-0.2, -0.15) is 0 Å². The first kappa shape index (κ1) is 25.6. The predicted octanol–water partition coefficient (Wildman–Crippen LogP) is 4.69. The lowest BCUT2D eigenvalue weighted by atomic mass is 10.2. The third-order valence-corrected chi connectivity index (χ3v) is 5.98. The SMILES string of the molecule is COc1ccc(Cl)cc1-c1nnc(S/C(=C\c2cc(I)c(OCC(=O)O)c(OC)c2)C(=O)O)o1. The van der Waals surface area contributed by atoms with Crippen molar-refractivity contribution in [1.82, 2.24) is 10.2 Å². The zero-order valence-corrected chi connectivity index (χ0v) is 21.3. The molecule has 13 heteroatoms. The summed E-state index contributed by atoms with van der Waals surface area (Å²) in [7, 11) is 2.88. The highest BCUT2D eigenvalue weighted by molar-refractivity contribution is 14.1. The van der Waals surface area contributed by atoms with Crippen molar-refractivity contribution in [1.29, 1.82) is 0 Å². The fourth-order valence-corrected chi connectivity index (χ4v) is 4.31. The summed E-state index contributed by atoms with van der Waals surface area (Å²) in [5.41, 5.74) is 0.941. The molecule has 178 valence electrons. The molecular weight excluding hydrogens is 603 g/mol. The molecule has 0 aliphatic carbocycles. The van der Waals surface area contributed by atoms with Crippen molar-refractivity contribution >= 4 is 64.0 Å². The van der Waals surface area contributed by atoms with Crippen LogP contribution >= 0.6 is 46.0 Å². The van der Waals surface area contributed by atoms with E-state index < -0.39 is 18.5 Å². The fourth-order valence-electron chi connectivity index (χ4n) is 2.68. The zero-order valence-electron chi connectivity index (χ0n) is 17.6. The van der Waals surface area contributed by atoms with Crippen molar-refractivity contribution in [3.8, 4) is 28.7 Å². The van der Waals surface area contributed by atoms with E-state index >= 15 is 0 Å². The summed E-state index contributed by atoms with van der Waals surface area (Å²) in [4.78, 5) is 22.6. The van der Waals surface area contributed by atoms with Crippen LogP contribution in [-0.2, 0) is 9.59 Å². The second-order valence-electron chi connectivity index (χ2n) is 6.35. The van der Waals surface area contributed by atoms with Crippen LogP contribution in [0.5, 0.6) is 17.2 Å². The minimum Gasteiger partial charge on any atom is -0.496 e. The molecule has 0 spiro atoms. The topological polar surface area (TPSA) is 141 Å². The molecule has 2 N–H and O–H groups in total. The molecule has 0 fully saturated rings. The highest BCUT2D eigenvalue weighted by atomic mass is 127. The quantitative estimate of drug-likeness (QED) is 0.186. The zero-order chi connectivity index (χ0) is 24.8. The molecule has 3 rings (SSSR count). The fraction of sp³-hybridized carbons (Fsp3) is 0.143. The third kappa shape index (κ3) is 6.33. The van der Waals surface area contributed by atoms with Crippen LogP contribution in [0.3, 0.4) is 0 Å². The number of hydrogen-bond acceptors (Lipinski definition) is 9. The molecule has 0 radical (unpaired) electrons. The van der Waals surface area contributed by atoms with Gasteiger partial charge in [-0.15, -0.1) is 10.2 Å². The molecule has 10 nitrogen and oxygen atoms in total. The van der Waals surface area contributed by atoms with Gasteiger partial charge in [0.25, 0.3) is 11.1 Å². The summed E-state index contributed by atoms with van der Waals surface area (Å²) in [6.45, 7) is -0.547. The Morgan fingerprint density at radius 3 is 2.53 bits per heavy atom. The average molecular weight is 619 g/mol. The number of aromatic nitrogens is 2. The number of carboxylic acids is 2. The Bertz CT molecular complexity index is 1260. The number of thioether (sulfide) groups is 1. The van der Waals surface area contributed by atoms with Crippen molar-refractivity contribution in [2.75, 3.05) is 20.8 Å². The molecule has 0 saturated heterocycles. The Morgan fingerprint density at radius 1 is 1.15 bits per heavy atom. The van der Waals surface area contributed by atoms with E-state index in [1.807, 2.05) is 22.6 Å². The summed E-state index contributed by atoms with van der Waals surface area (Å²) < 4.78 is 22.0. The molecule has 0 saturated carbocycles. The van der Waals surface area contributed by atoms with Crippen molar-refractivity contribution in [3.63, 3.8) is 0 Å². The molecule has 0 unspecified atom stereocenters. The van der Waals surface area contributed by atoms with Crippen LogP contribution in [0.4, 0.5) is 0 Å². The Kier molecular flexibility index (Phi) is 8.63. The summed E-state index contributed by atoms with van der Waals surface area (Å²) in [5, 5.41) is 26.8. The number of hydrogen-bond donors (Lipinski definition) is 2. The predicted molar refractivity (Wildman–Crippen MR) is 132 cm³/mol. The van der Waals surface area contributed by atoms with E-state index in [4.69, 9.17) is 35.3 Å². The van der Waals surface area contributed by atoms with Gasteiger partial charge < -0.3 is 28.8 Å². The van der Waals surface area contributed by atoms with Crippen LogP contribution in [-0.4, -0.2) is 53.2 Å². The number of carboxylic acid groups (broad SMARTS) is 2. The lowest BCUT2D eigenvalue weighted by molar-refractivity contribution is -0.139. The van der Waals surface area contributed by atoms with Gasteiger partial charge in [-0.1, -0.05) is 11.6 Å². The van der Waals surface area contributed by atoms with Gasteiger partial charge >= 0.3 is 11.9 Å². The number of ether oxygens (including phenoxy) is 3. The number of halogens is 2. The van der Waals surface area contributed by atoms with E-state index in [2.05, 4.69) is 10.2 Å². The van der Waals surface area contributed by atoms with E-state index in [0.29, 0.717) is 25.5 Å². The van der Waals surface area contributed by atoms with Crippen molar-refractivity contribution < 1.29 is 38.4 Å². The molecule has 0 aliphatic rings. The number of carbonyl (C=O) groups is 2. The van der Waals surface area contributed by atoms with Crippen molar-refractivity contribution in [2.24, 2.45) is 0 Å². The van der Waals surface area contributed by atoms with E-state index in [0.717, 1.165) is 11.8 Å². The van der Waals surface area contributed by atoms with Crippen LogP contribution in [0.25, 0.3) is 17.5 Å². The second kappa shape index (κ2) is 11.4. The maximum absolute atomic E-state index is 11.9. The summed E-state index contributed by atoms with van der Waals surface area (Å²) in [6.07, 6.45) is 1.39. The highest BCUT2D eigenvalue weighted by Crippen LogP contribution is 2.37. The number of nitrogens with zero attached hydrogens (tertiary/aromatic N) is 2. The lowest BCUT2D eigenvalue weighted by Crippen LogP contribution is -2.11. The molecule has 3 aromatic rings. The Morgan fingerprint density at radius 2 is 1.88 bits per heavy atom. The van der Waals surface area contributed by atoms with E-state index in [1.165, 1.54) is 26.4 Å². The lowest BCUT2D eigenvalue weighted by Gasteiger charge is -2.12. The first-order valence-corrected chi connectivity index (χ1v) is 11.5. The van der Waals surface area contributed by atoms with Crippen molar-refractivity contribution in [3.05, 3.63) is 49.4 Å². The van der Waals surface area contributed by atoms with Gasteiger partial charge in [0.05, 0.1) is 23.4 Å². The Hall–Kier alpha value is -2.97. The minimum absolute atomic E-state index is 0.00579. The third-order valence-electron chi connectivity index (χ3n) is 4.10. The standard InChI is InChI=1S/C21H16ClIN2O8S/c1-30-14-4-3-11(22)8-12(14)19-24-25-21(33-19)34-16(20(28)29)7-10-5-13(23)18(15(6-10)31-2)32-9-17(26)27/h3-8H,9H2,1-2H3,(H,26,27)(H,28,29)/b16-7-. The van der Waals surface area contributed by atoms with Crippen LogP contribution < -0.4 is 14.2 Å². The summed E-state index contributed by atoms with van der Waals surface area (Å²) >= 11 is 8.75. The van der Waals surface area contributed by atoms with Crippen LogP contribution in [0.15, 0.2) is 44.9 Å². The maximum atomic E-state index is 11.9. The molecule has 0 aliphatic heterocycles. The van der Waals surface area contributed by atoms with E-state index in [-0.39, 0.29) is 27.5 Å². The molecule has 0 amide bonds. The molecule has 1 heterocycles. The van der Waals surface area contributed by atoms with Crippen molar-refractivity contribution in [2.45, 2.75) is 5.22 Å². The molecule has 34 heavy (non-hydrogen) atoms. The van der Waals surface area contributed by atoms with Gasteiger partial charge in [0, 0.05) is 5.02 Å². The van der Waals surface area contributed by atoms with Crippen LogP contribution in [0.1, 0.15) is 5.56 Å². The van der Waals surface area contributed by atoms with E-state index in [1.54, 1.807) is 24.3 Å². The first-order valence-electron chi connectivity index (χ1n) is 9.24. The summed E-state index contributed by atoms with van der Waals surface area (Å²) in [5.74, 6) is -1.29. The molecule has 0 bridgehead atoms. The maximum Gasteiger partial charge on any atom is 0.342 e. The van der Waals surface area contributed by atoms with Gasteiger partial charge in [-0.3, -0.25) is 0 Å². The largest absolute Gasteiger partial charge is 0.496 e. The Labute approximate surface area is 216 Å². The van der Waals surface area contributed by atoms with Gasteiger partial charge in [-0.05, 0) is 76.3 Å². The number of rotatable bonds is 10. The number of methoxy groups -OCH3 is 2. The molecule has 0 atom stereocenters. The monoisotopic (exact) mass is 618 g/mol. The molecule has 2 aromatic carbocycles. The van der Waals surface area contributed by atoms with Gasteiger partial charge in [0.2, 0.25) is 0 Å². The normalized spacial score (nSPS) is 11.2. The first-order chi connectivity index (χ1) is 16.2. The molecular formula is C21H16ClIN2O8S. The van der Waals surface area contributed by atoms with Gasteiger partial charge in [0.15, 0.2) is 18.1 Å². The Balaban J connectivity index is 1.90. The van der Waals surface area contributed by atoms with Crippen LogP contribution in [0, 0.1) is 3.57 Å². The van der Waals surface area contributed by atoms with E-state index in [9.17, 15) is 14.7 Å². The number of benzene rings is 2. The van der Waals surface area contributed by atoms with Gasteiger partial charge in [0.1, 0.15) is 10.7 Å². The van der Waals surface area contributed by atoms with Gasteiger partial charge in [-0.25, -0.2) is 9.59 Å². The van der Waals surface area contributed by atoms with Crippen LogP contribution in [0.2, 0.25) is 5.02 Å². The summed E-state index contributed by atoms with van der Waals surface area (Å²) in [6, 6.07) is 8.04. The molecule has 1 aromatic heterocycles.